The largest absolute Gasteiger partial charge is 0.373 e. The van der Waals surface area contributed by atoms with Crippen LogP contribution in [0.4, 0.5) is 0 Å². The number of nitrogens with one attached hydrogen (secondary N) is 1. The predicted molar refractivity (Wildman–Crippen MR) is 60.2 cm³/mol. The molecule has 2 saturated heterocycles. The van der Waals surface area contributed by atoms with Crippen LogP contribution < -0.4 is 5.32 Å². The zero-order valence-corrected chi connectivity index (χ0v) is 9.35. The van der Waals surface area contributed by atoms with Gasteiger partial charge in [-0.2, -0.15) is 0 Å². The maximum Gasteiger partial charge on any atom is 0.115 e. The molecule has 0 saturated carbocycles. The van der Waals surface area contributed by atoms with Gasteiger partial charge in [0, 0.05) is 24.9 Å². The van der Waals surface area contributed by atoms with Gasteiger partial charge in [-0.05, 0) is 31.4 Å². The molecule has 2 aliphatic rings. The summed E-state index contributed by atoms with van der Waals surface area (Å²) in [6, 6.07) is 0. The van der Waals surface area contributed by atoms with Gasteiger partial charge in [-0.3, -0.25) is 0 Å². The number of nitrogens with zero attached hydrogens (tertiary/aromatic N) is 2. The monoisotopic (exact) mass is 219 g/mol. The number of hydrogen-bond acceptors (Lipinski definition) is 4. The van der Waals surface area contributed by atoms with E-state index in [2.05, 4.69) is 15.3 Å². The van der Waals surface area contributed by atoms with Crippen molar-refractivity contribution >= 4 is 0 Å². The molecule has 1 spiro atoms. The van der Waals surface area contributed by atoms with Gasteiger partial charge in [-0.25, -0.2) is 9.97 Å². The first kappa shape index (κ1) is 10.2. The summed E-state index contributed by atoms with van der Waals surface area (Å²) >= 11 is 0. The van der Waals surface area contributed by atoms with Crippen molar-refractivity contribution in [1.82, 2.24) is 15.3 Å². The fourth-order valence-corrected chi connectivity index (χ4v) is 2.82. The van der Waals surface area contributed by atoms with E-state index >= 15 is 0 Å². The Morgan fingerprint density at radius 1 is 1.38 bits per heavy atom. The molecule has 4 nitrogen and oxygen atoms in total. The maximum absolute atomic E-state index is 6.03. The van der Waals surface area contributed by atoms with Gasteiger partial charge in [-0.15, -0.1) is 0 Å². The minimum absolute atomic E-state index is 0.0821. The van der Waals surface area contributed by atoms with Crippen LogP contribution in [0.15, 0.2) is 18.7 Å². The van der Waals surface area contributed by atoms with Gasteiger partial charge in [0.25, 0.3) is 0 Å². The molecule has 2 fully saturated rings. The Kier molecular flexibility index (Phi) is 2.61. The summed E-state index contributed by atoms with van der Waals surface area (Å²) in [5.74, 6) is 0.473. The zero-order valence-electron chi connectivity index (χ0n) is 9.35. The van der Waals surface area contributed by atoms with Gasteiger partial charge in [0.1, 0.15) is 6.33 Å². The Morgan fingerprint density at radius 2 is 2.25 bits per heavy atom. The highest BCUT2D eigenvalue weighted by molar-refractivity contribution is 5.14. The Labute approximate surface area is 95.4 Å². The number of ether oxygens (including phenoxy) is 1. The molecule has 1 N–H and O–H groups in total. The molecule has 0 aromatic carbocycles. The molecule has 1 aromatic heterocycles. The van der Waals surface area contributed by atoms with E-state index in [1.54, 1.807) is 6.33 Å². The van der Waals surface area contributed by atoms with Crippen molar-refractivity contribution in [3.05, 3.63) is 24.3 Å². The molecule has 16 heavy (non-hydrogen) atoms. The van der Waals surface area contributed by atoms with E-state index in [1.807, 2.05) is 12.4 Å². The van der Waals surface area contributed by atoms with Gasteiger partial charge in [0.15, 0.2) is 0 Å². The van der Waals surface area contributed by atoms with E-state index in [9.17, 15) is 0 Å². The van der Waals surface area contributed by atoms with Crippen molar-refractivity contribution in [3.8, 4) is 0 Å². The second-order valence-corrected chi connectivity index (χ2v) is 4.85. The molecular weight excluding hydrogens is 202 g/mol. The molecule has 0 aliphatic carbocycles. The van der Waals surface area contributed by atoms with Crippen molar-refractivity contribution in [2.45, 2.75) is 30.8 Å². The Hall–Kier alpha value is -1.00. The smallest absolute Gasteiger partial charge is 0.115 e. The SMILES string of the molecule is c1ncc(C2COC3(CCCNC3)C2)cn1. The third-order valence-corrected chi connectivity index (χ3v) is 3.69. The third kappa shape index (κ3) is 1.83. The summed E-state index contributed by atoms with van der Waals surface area (Å²) in [5.41, 5.74) is 1.30. The van der Waals surface area contributed by atoms with E-state index < -0.39 is 0 Å². The molecule has 3 heterocycles. The van der Waals surface area contributed by atoms with E-state index in [1.165, 1.54) is 18.4 Å². The first-order chi connectivity index (χ1) is 7.88. The summed E-state index contributed by atoms with van der Waals surface area (Å²) < 4.78 is 6.03. The van der Waals surface area contributed by atoms with Crippen LogP contribution in [-0.2, 0) is 4.74 Å². The van der Waals surface area contributed by atoms with Crippen molar-refractivity contribution < 1.29 is 4.74 Å². The van der Waals surface area contributed by atoms with Crippen molar-refractivity contribution in [2.75, 3.05) is 19.7 Å². The maximum atomic E-state index is 6.03. The summed E-state index contributed by atoms with van der Waals surface area (Å²) in [7, 11) is 0. The van der Waals surface area contributed by atoms with Crippen LogP contribution in [-0.4, -0.2) is 35.3 Å². The lowest BCUT2D eigenvalue weighted by atomic mass is 9.86. The molecule has 86 valence electrons. The Morgan fingerprint density at radius 3 is 3.00 bits per heavy atom. The normalized spacial score (nSPS) is 34.4. The molecule has 4 heteroatoms. The van der Waals surface area contributed by atoms with E-state index in [-0.39, 0.29) is 5.60 Å². The molecule has 1 aromatic rings. The second kappa shape index (κ2) is 4.11. The van der Waals surface area contributed by atoms with Gasteiger partial charge >= 0.3 is 0 Å². The van der Waals surface area contributed by atoms with E-state index in [4.69, 9.17) is 4.74 Å². The molecular formula is C12H17N3O. The summed E-state index contributed by atoms with van der Waals surface area (Å²) in [4.78, 5) is 8.16. The van der Waals surface area contributed by atoms with Crippen molar-refractivity contribution in [3.63, 3.8) is 0 Å². The number of hydrogen-bond donors (Lipinski definition) is 1. The lowest BCUT2D eigenvalue weighted by molar-refractivity contribution is -0.0139. The Bertz CT molecular complexity index is 349. The third-order valence-electron chi connectivity index (χ3n) is 3.69. The highest BCUT2D eigenvalue weighted by Gasteiger charge is 2.41. The fourth-order valence-electron chi connectivity index (χ4n) is 2.82. The van der Waals surface area contributed by atoms with E-state index in [0.29, 0.717) is 5.92 Å². The minimum Gasteiger partial charge on any atom is -0.373 e. The van der Waals surface area contributed by atoms with E-state index in [0.717, 1.165) is 26.1 Å². The molecule has 2 unspecified atom stereocenters. The summed E-state index contributed by atoms with van der Waals surface area (Å²) in [5, 5.41) is 3.43. The van der Waals surface area contributed by atoms with Gasteiger partial charge in [0.05, 0.1) is 12.2 Å². The minimum atomic E-state index is 0.0821. The zero-order chi connectivity index (χ0) is 10.8. The quantitative estimate of drug-likeness (QED) is 0.768. The average molecular weight is 219 g/mol. The summed E-state index contributed by atoms with van der Waals surface area (Å²) in [6.07, 6.45) is 8.92. The average Bonchev–Trinajstić information content (AvgIpc) is 2.75. The molecule has 2 aliphatic heterocycles. The van der Waals surface area contributed by atoms with Crippen molar-refractivity contribution in [2.24, 2.45) is 0 Å². The fraction of sp³-hybridized carbons (Fsp3) is 0.667. The van der Waals surface area contributed by atoms with Crippen molar-refractivity contribution in [1.29, 1.82) is 0 Å². The van der Waals surface area contributed by atoms with Gasteiger partial charge in [0.2, 0.25) is 0 Å². The Balaban J connectivity index is 1.73. The van der Waals surface area contributed by atoms with Crippen LogP contribution in [0.1, 0.15) is 30.7 Å². The molecule has 2 atom stereocenters. The predicted octanol–water partition coefficient (Wildman–Crippen LogP) is 1.10. The van der Waals surface area contributed by atoms with Crippen LogP contribution in [0.3, 0.4) is 0 Å². The second-order valence-electron chi connectivity index (χ2n) is 4.85. The molecule has 3 rings (SSSR count). The number of rotatable bonds is 1. The topological polar surface area (TPSA) is 47.0 Å². The molecule has 0 radical (unpaired) electrons. The first-order valence-electron chi connectivity index (χ1n) is 5.98. The van der Waals surface area contributed by atoms with Crippen LogP contribution in [0.25, 0.3) is 0 Å². The lowest BCUT2D eigenvalue weighted by Gasteiger charge is -2.33. The molecule has 0 amide bonds. The van der Waals surface area contributed by atoms with Crippen LogP contribution >= 0.6 is 0 Å². The summed E-state index contributed by atoms with van der Waals surface area (Å²) in [6.45, 7) is 2.94. The standard InChI is InChI=1S/C12H17N3O/c1-2-12(8-13-3-1)4-10(7-16-12)11-5-14-9-15-6-11/h5-6,9-10,13H,1-4,7-8H2. The van der Waals surface area contributed by atoms with Crippen LogP contribution in [0.5, 0.6) is 0 Å². The number of piperidine rings is 1. The molecule has 0 bridgehead atoms. The van der Waals surface area contributed by atoms with Crippen LogP contribution in [0.2, 0.25) is 0 Å². The van der Waals surface area contributed by atoms with Gasteiger partial charge < -0.3 is 10.1 Å². The first-order valence-corrected chi connectivity index (χ1v) is 5.98. The lowest BCUT2D eigenvalue weighted by Crippen LogP contribution is -2.45. The number of aromatic nitrogens is 2. The van der Waals surface area contributed by atoms with Gasteiger partial charge in [-0.1, -0.05) is 0 Å². The highest BCUT2D eigenvalue weighted by atomic mass is 16.5. The highest BCUT2D eigenvalue weighted by Crippen LogP contribution is 2.39. The van der Waals surface area contributed by atoms with Crippen LogP contribution in [0, 0.1) is 0 Å².